The number of benzene rings is 2. The summed E-state index contributed by atoms with van der Waals surface area (Å²) in [4.78, 5) is 49.8. The Bertz CT molecular complexity index is 1100. The number of nitro benzene ring substituents is 1. The van der Waals surface area contributed by atoms with Gasteiger partial charge in [-0.2, -0.15) is 0 Å². The lowest BCUT2D eigenvalue weighted by Gasteiger charge is -2.17. The van der Waals surface area contributed by atoms with Crippen LogP contribution >= 0.6 is 0 Å². The molecule has 0 amide bonds. The van der Waals surface area contributed by atoms with Crippen molar-refractivity contribution in [1.82, 2.24) is 0 Å². The van der Waals surface area contributed by atoms with Crippen LogP contribution in [0.25, 0.3) is 6.08 Å². The normalized spacial score (nSPS) is 21.1. The minimum Gasteiger partial charge on any atom is -0.468 e. The largest absolute Gasteiger partial charge is 0.468 e. The summed E-state index contributed by atoms with van der Waals surface area (Å²) in [6.07, 6.45) is 3.09. The van der Waals surface area contributed by atoms with Crippen LogP contribution in [0.3, 0.4) is 0 Å². The third-order valence-corrected chi connectivity index (χ3v) is 6.19. The first-order valence-corrected chi connectivity index (χ1v) is 9.85. The Labute approximate surface area is 185 Å². The smallest absolute Gasteiger partial charge is 0.324 e. The fourth-order valence-corrected chi connectivity index (χ4v) is 4.35. The minimum absolute atomic E-state index is 0.103. The molecule has 1 aliphatic carbocycles. The van der Waals surface area contributed by atoms with Crippen LogP contribution in [-0.4, -0.2) is 36.9 Å². The van der Waals surface area contributed by atoms with Crippen molar-refractivity contribution in [1.29, 1.82) is 0 Å². The van der Waals surface area contributed by atoms with Crippen molar-refractivity contribution >= 4 is 29.5 Å². The second kappa shape index (κ2) is 8.37. The van der Waals surface area contributed by atoms with Gasteiger partial charge in [0.15, 0.2) is 11.2 Å². The van der Waals surface area contributed by atoms with Crippen molar-refractivity contribution in [2.75, 3.05) is 14.2 Å². The third-order valence-electron chi connectivity index (χ3n) is 6.19. The number of rotatable bonds is 7. The van der Waals surface area contributed by atoms with Crippen LogP contribution in [0.5, 0.6) is 0 Å². The predicted octanol–water partition coefficient (Wildman–Crippen LogP) is 3.77. The molecular formula is C24H23NO7. The van der Waals surface area contributed by atoms with Crippen molar-refractivity contribution in [3.8, 4) is 0 Å². The van der Waals surface area contributed by atoms with Crippen LogP contribution in [0.1, 0.15) is 28.4 Å². The molecule has 166 valence electrons. The van der Waals surface area contributed by atoms with Crippen molar-refractivity contribution in [3.63, 3.8) is 0 Å². The van der Waals surface area contributed by atoms with Crippen LogP contribution in [0.15, 0.2) is 54.6 Å². The fraction of sp³-hybridized carbons (Fsp3) is 0.292. The van der Waals surface area contributed by atoms with Gasteiger partial charge in [-0.05, 0) is 19.4 Å². The highest BCUT2D eigenvalue weighted by atomic mass is 16.6. The minimum atomic E-state index is -1.87. The number of nitrogens with zero attached hydrogens (tertiary/aromatic N) is 1. The number of ether oxygens (including phenoxy) is 2. The molecule has 0 spiro atoms. The van der Waals surface area contributed by atoms with Gasteiger partial charge in [-0.3, -0.25) is 24.5 Å². The van der Waals surface area contributed by atoms with E-state index in [1.807, 2.05) is 6.92 Å². The summed E-state index contributed by atoms with van der Waals surface area (Å²) in [5.74, 6) is -3.02. The topological polar surface area (TPSA) is 113 Å². The maximum Gasteiger partial charge on any atom is 0.324 e. The molecule has 0 unspecified atom stereocenters. The summed E-state index contributed by atoms with van der Waals surface area (Å²) in [6.45, 7) is 3.41. The lowest BCUT2D eigenvalue weighted by Crippen LogP contribution is -2.36. The van der Waals surface area contributed by atoms with Crippen molar-refractivity contribution in [2.45, 2.75) is 13.8 Å². The summed E-state index contributed by atoms with van der Waals surface area (Å²) in [5, 5.41) is 11.1. The number of Topliss-reactive ketones (excluding diaryl/α,β-unsaturated/α-hetero) is 1. The van der Waals surface area contributed by atoms with Crippen LogP contribution in [0.2, 0.25) is 0 Å². The number of ketones is 1. The van der Waals surface area contributed by atoms with E-state index in [9.17, 15) is 24.5 Å². The fourth-order valence-electron chi connectivity index (χ4n) is 4.35. The molecule has 1 aliphatic rings. The van der Waals surface area contributed by atoms with Crippen molar-refractivity contribution < 1.29 is 28.8 Å². The van der Waals surface area contributed by atoms with E-state index in [1.54, 1.807) is 42.5 Å². The molecule has 2 aromatic carbocycles. The van der Waals surface area contributed by atoms with Gasteiger partial charge in [-0.25, -0.2) is 0 Å². The zero-order valence-electron chi connectivity index (χ0n) is 18.2. The van der Waals surface area contributed by atoms with E-state index in [-0.39, 0.29) is 5.69 Å². The standard InChI is InChI=1S/C24H23NO7/c1-15-8-11-17(12-9-15)20(26)23(2)19(24(23,21(27)31-3)22(28)32-4)13-10-16-6-5-7-18(14-16)25(29)30/h5-14,19H,1-4H3/b13-10+/t19-,23+/m1/s1. The Morgan fingerprint density at radius 3 is 2.16 bits per heavy atom. The monoisotopic (exact) mass is 437 g/mol. The van der Waals surface area contributed by atoms with Gasteiger partial charge in [-0.1, -0.05) is 54.1 Å². The third kappa shape index (κ3) is 3.37. The SMILES string of the molecule is COC(=O)C1(C(=O)OC)[C@H](/C=C/c2cccc([N+](=O)[O-])c2)[C@@]1(C)C(=O)c1ccc(C)cc1. The number of hydrogen-bond donors (Lipinski definition) is 0. The van der Waals surface area contributed by atoms with Gasteiger partial charge in [0.05, 0.1) is 24.6 Å². The maximum absolute atomic E-state index is 13.5. The molecule has 0 bridgehead atoms. The van der Waals surface area contributed by atoms with Crippen molar-refractivity contribution in [2.24, 2.45) is 16.7 Å². The van der Waals surface area contributed by atoms with E-state index in [0.717, 1.165) is 19.8 Å². The Morgan fingerprint density at radius 1 is 1.03 bits per heavy atom. The molecule has 0 aliphatic heterocycles. The van der Waals surface area contributed by atoms with Crippen LogP contribution < -0.4 is 0 Å². The van der Waals surface area contributed by atoms with E-state index in [0.29, 0.717) is 11.1 Å². The quantitative estimate of drug-likeness (QED) is 0.213. The van der Waals surface area contributed by atoms with Crippen LogP contribution in [0, 0.1) is 33.8 Å². The average Bonchev–Trinajstić information content (AvgIpc) is 3.36. The second-order valence-electron chi connectivity index (χ2n) is 7.88. The molecule has 0 aromatic heterocycles. The first kappa shape index (κ1) is 22.9. The average molecular weight is 437 g/mol. The van der Waals surface area contributed by atoms with E-state index in [4.69, 9.17) is 9.47 Å². The van der Waals surface area contributed by atoms with Crippen LogP contribution in [-0.2, 0) is 19.1 Å². The molecule has 2 atom stereocenters. The van der Waals surface area contributed by atoms with Gasteiger partial charge in [0, 0.05) is 23.6 Å². The Morgan fingerprint density at radius 2 is 1.62 bits per heavy atom. The maximum atomic E-state index is 13.5. The lowest BCUT2D eigenvalue weighted by molar-refractivity contribution is -0.384. The Balaban J connectivity index is 2.10. The summed E-state index contributed by atoms with van der Waals surface area (Å²) in [7, 11) is 2.28. The molecule has 2 aromatic rings. The number of hydrogen-bond acceptors (Lipinski definition) is 7. The highest BCUT2D eigenvalue weighted by Gasteiger charge is 2.86. The molecule has 0 saturated heterocycles. The van der Waals surface area contributed by atoms with Gasteiger partial charge in [0.1, 0.15) is 0 Å². The Kier molecular flexibility index (Phi) is 5.98. The number of allylic oxidation sites excluding steroid dienone is 1. The summed E-state index contributed by atoms with van der Waals surface area (Å²) in [5.41, 5.74) is -1.64. The molecule has 8 nitrogen and oxygen atoms in total. The number of nitro groups is 1. The van der Waals surface area contributed by atoms with E-state index < -0.39 is 39.4 Å². The van der Waals surface area contributed by atoms with Gasteiger partial charge < -0.3 is 9.47 Å². The molecule has 1 fully saturated rings. The van der Waals surface area contributed by atoms with Crippen molar-refractivity contribution in [3.05, 3.63) is 81.4 Å². The number of carbonyl (C=O) groups excluding carboxylic acids is 3. The van der Waals surface area contributed by atoms with E-state index >= 15 is 0 Å². The van der Waals surface area contributed by atoms with Crippen LogP contribution in [0.4, 0.5) is 5.69 Å². The molecule has 8 heteroatoms. The molecule has 0 heterocycles. The first-order valence-electron chi connectivity index (χ1n) is 9.85. The molecule has 0 N–H and O–H groups in total. The zero-order chi connectivity index (χ0) is 23.7. The number of methoxy groups -OCH3 is 2. The second-order valence-corrected chi connectivity index (χ2v) is 7.88. The highest BCUT2D eigenvalue weighted by Crippen LogP contribution is 2.72. The lowest BCUT2D eigenvalue weighted by atomic mass is 9.86. The number of aryl methyl sites for hydroxylation is 1. The molecule has 3 rings (SSSR count). The first-order chi connectivity index (χ1) is 15.1. The highest BCUT2D eigenvalue weighted by molar-refractivity contribution is 6.17. The van der Waals surface area contributed by atoms with Gasteiger partial charge in [0.2, 0.25) is 0 Å². The number of non-ortho nitro benzene ring substituents is 1. The Hall–Kier alpha value is -3.81. The number of carbonyl (C=O) groups is 3. The van der Waals surface area contributed by atoms with E-state index in [1.165, 1.54) is 25.1 Å². The summed E-state index contributed by atoms with van der Waals surface area (Å²) in [6, 6.07) is 12.7. The van der Waals surface area contributed by atoms with Gasteiger partial charge >= 0.3 is 11.9 Å². The molecular weight excluding hydrogens is 414 g/mol. The summed E-state index contributed by atoms with van der Waals surface area (Å²) < 4.78 is 9.84. The van der Waals surface area contributed by atoms with E-state index in [2.05, 4.69) is 0 Å². The zero-order valence-corrected chi connectivity index (χ0v) is 18.2. The molecule has 0 radical (unpaired) electrons. The van der Waals surface area contributed by atoms with Gasteiger partial charge in [-0.15, -0.1) is 0 Å². The number of esters is 2. The molecule has 32 heavy (non-hydrogen) atoms. The molecule has 1 saturated carbocycles. The van der Waals surface area contributed by atoms with Gasteiger partial charge in [0.25, 0.3) is 5.69 Å². The predicted molar refractivity (Wildman–Crippen MR) is 116 cm³/mol. The summed E-state index contributed by atoms with van der Waals surface area (Å²) >= 11 is 0.